The van der Waals surface area contributed by atoms with Crippen molar-refractivity contribution >= 4 is 0 Å². The van der Waals surface area contributed by atoms with E-state index in [9.17, 15) is 4.79 Å². The number of nitrogens with one attached hydrogen (secondary N) is 1. The molecule has 0 aliphatic heterocycles. The molecule has 1 aromatic rings. The van der Waals surface area contributed by atoms with Crippen LogP contribution in [0.4, 0.5) is 0 Å². The summed E-state index contributed by atoms with van der Waals surface area (Å²) in [6.45, 7) is 5.96. The standard InChI is InChI=1S/C10H19N3O/c1-4-5-11-9(2)8-13-7-6-12(3)10(13)14/h6-7,9,11H,4-5,8H2,1-3H3. The molecule has 0 aliphatic carbocycles. The minimum absolute atomic E-state index is 0.0511. The van der Waals surface area contributed by atoms with Crippen LogP contribution in [-0.2, 0) is 13.6 Å². The lowest BCUT2D eigenvalue weighted by Crippen LogP contribution is -2.34. The molecule has 1 atom stereocenters. The van der Waals surface area contributed by atoms with Crippen LogP contribution in [0.15, 0.2) is 17.2 Å². The van der Waals surface area contributed by atoms with Gasteiger partial charge in [0.05, 0.1) is 0 Å². The first kappa shape index (κ1) is 11.0. The Morgan fingerprint density at radius 1 is 1.50 bits per heavy atom. The van der Waals surface area contributed by atoms with E-state index in [2.05, 4.69) is 19.2 Å². The smallest absolute Gasteiger partial charge is 0.312 e. The third-order valence-corrected chi connectivity index (χ3v) is 2.23. The molecule has 0 saturated heterocycles. The Kier molecular flexibility index (Phi) is 3.95. The zero-order valence-corrected chi connectivity index (χ0v) is 9.16. The van der Waals surface area contributed by atoms with Gasteiger partial charge in [-0.15, -0.1) is 0 Å². The highest BCUT2D eigenvalue weighted by molar-refractivity contribution is 4.81. The van der Waals surface area contributed by atoms with Crippen LogP contribution in [0, 0.1) is 0 Å². The molecule has 1 heterocycles. The predicted molar refractivity (Wildman–Crippen MR) is 57.4 cm³/mol. The van der Waals surface area contributed by atoms with Crippen molar-refractivity contribution in [3.8, 4) is 0 Å². The second-order valence-corrected chi connectivity index (χ2v) is 3.70. The number of aromatic nitrogens is 2. The highest BCUT2D eigenvalue weighted by atomic mass is 16.1. The summed E-state index contributed by atoms with van der Waals surface area (Å²) >= 11 is 0. The maximum absolute atomic E-state index is 11.5. The molecule has 0 amide bonds. The van der Waals surface area contributed by atoms with E-state index in [4.69, 9.17) is 0 Å². The van der Waals surface area contributed by atoms with Crippen molar-refractivity contribution in [2.24, 2.45) is 7.05 Å². The third kappa shape index (κ3) is 2.73. The Morgan fingerprint density at radius 3 is 2.71 bits per heavy atom. The van der Waals surface area contributed by atoms with Crippen LogP contribution in [0.5, 0.6) is 0 Å². The van der Waals surface area contributed by atoms with Crippen LogP contribution in [0.2, 0.25) is 0 Å². The molecular formula is C10H19N3O. The molecule has 0 bridgehead atoms. The summed E-state index contributed by atoms with van der Waals surface area (Å²) in [5, 5.41) is 3.35. The van der Waals surface area contributed by atoms with Gasteiger partial charge in [0, 0.05) is 32.0 Å². The van der Waals surface area contributed by atoms with Gasteiger partial charge in [-0.1, -0.05) is 6.92 Å². The molecule has 4 heteroatoms. The van der Waals surface area contributed by atoms with Crippen LogP contribution in [0.1, 0.15) is 20.3 Å². The second-order valence-electron chi connectivity index (χ2n) is 3.70. The number of aryl methyl sites for hydroxylation is 1. The molecule has 14 heavy (non-hydrogen) atoms. The Balaban J connectivity index is 2.52. The highest BCUT2D eigenvalue weighted by Crippen LogP contribution is 1.89. The lowest BCUT2D eigenvalue weighted by molar-refractivity contribution is 0.467. The average molecular weight is 197 g/mol. The van der Waals surface area contributed by atoms with E-state index in [1.807, 2.05) is 6.20 Å². The van der Waals surface area contributed by atoms with Crippen LogP contribution in [0.3, 0.4) is 0 Å². The lowest BCUT2D eigenvalue weighted by atomic mass is 10.3. The molecule has 0 aliphatic rings. The fourth-order valence-electron chi connectivity index (χ4n) is 1.40. The van der Waals surface area contributed by atoms with E-state index in [0.717, 1.165) is 19.5 Å². The van der Waals surface area contributed by atoms with Gasteiger partial charge in [0.2, 0.25) is 0 Å². The van der Waals surface area contributed by atoms with Gasteiger partial charge in [-0.25, -0.2) is 4.79 Å². The van der Waals surface area contributed by atoms with Gasteiger partial charge >= 0.3 is 5.69 Å². The van der Waals surface area contributed by atoms with Crippen molar-refractivity contribution < 1.29 is 0 Å². The summed E-state index contributed by atoms with van der Waals surface area (Å²) in [5.74, 6) is 0. The summed E-state index contributed by atoms with van der Waals surface area (Å²) in [6, 6.07) is 0.343. The van der Waals surface area contributed by atoms with E-state index < -0.39 is 0 Å². The summed E-state index contributed by atoms with van der Waals surface area (Å²) in [7, 11) is 1.77. The maximum atomic E-state index is 11.5. The van der Waals surface area contributed by atoms with Crippen LogP contribution >= 0.6 is 0 Å². The van der Waals surface area contributed by atoms with Gasteiger partial charge < -0.3 is 9.88 Å². The SMILES string of the molecule is CCCNC(C)Cn1ccn(C)c1=O. The van der Waals surface area contributed by atoms with Crippen molar-refractivity contribution in [3.05, 3.63) is 22.9 Å². The number of hydrogen-bond acceptors (Lipinski definition) is 2. The van der Waals surface area contributed by atoms with Crippen molar-refractivity contribution in [3.63, 3.8) is 0 Å². The minimum Gasteiger partial charge on any atom is -0.312 e. The normalized spacial score (nSPS) is 13.1. The summed E-state index contributed by atoms with van der Waals surface area (Å²) in [5.41, 5.74) is 0.0511. The fraction of sp³-hybridized carbons (Fsp3) is 0.700. The minimum atomic E-state index is 0.0511. The quantitative estimate of drug-likeness (QED) is 0.749. The third-order valence-electron chi connectivity index (χ3n) is 2.23. The molecule has 0 spiro atoms. The largest absolute Gasteiger partial charge is 0.327 e. The Hall–Kier alpha value is -1.03. The molecule has 4 nitrogen and oxygen atoms in total. The average Bonchev–Trinajstić information content (AvgIpc) is 2.46. The zero-order valence-electron chi connectivity index (χ0n) is 9.16. The summed E-state index contributed by atoms with van der Waals surface area (Å²) in [6.07, 6.45) is 4.73. The van der Waals surface area contributed by atoms with Gasteiger partial charge in [0.1, 0.15) is 0 Å². The molecule has 0 radical (unpaired) electrons. The van der Waals surface area contributed by atoms with Crippen molar-refractivity contribution in [2.45, 2.75) is 32.9 Å². The summed E-state index contributed by atoms with van der Waals surface area (Å²) < 4.78 is 3.32. The van der Waals surface area contributed by atoms with E-state index in [-0.39, 0.29) is 5.69 Å². The van der Waals surface area contributed by atoms with Crippen molar-refractivity contribution in [1.82, 2.24) is 14.5 Å². The molecule has 0 saturated carbocycles. The van der Waals surface area contributed by atoms with Gasteiger partial charge in [-0.2, -0.15) is 0 Å². The van der Waals surface area contributed by atoms with Gasteiger partial charge in [-0.05, 0) is 19.9 Å². The Labute approximate surface area is 84.5 Å². The van der Waals surface area contributed by atoms with Gasteiger partial charge in [-0.3, -0.25) is 4.57 Å². The van der Waals surface area contributed by atoms with Crippen molar-refractivity contribution in [1.29, 1.82) is 0 Å². The summed E-state index contributed by atoms with van der Waals surface area (Å²) in [4.78, 5) is 11.5. The van der Waals surface area contributed by atoms with Crippen LogP contribution < -0.4 is 11.0 Å². The second kappa shape index (κ2) is 5.00. The molecule has 80 valence electrons. The number of imidazole rings is 1. The molecule has 0 aromatic carbocycles. The van der Waals surface area contributed by atoms with Gasteiger partial charge in [0.25, 0.3) is 0 Å². The molecular weight excluding hydrogens is 178 g/mol. The first-order chi connectivity index (χ1) is 6.65. The topological polar surface area (TPSA) is 39.0 Å². The maximum Gasteiger partial charge on any atom is 0.327 e. The molecule has 1 N–H and O–H groups in total. The van der Waals surface area contributed by atoms with Crippen molar-refractivity contribution in [2.75, 3.05) is 6.54 Å². The molecule has 1 aromatic heterocycles. The number of hydrogen-bond donors (Lipinski definition) is 1. The molecule has 0 fully saturated rings. The number of rotatable bonds is 5. The first-order valence-corrected chi connectivity index (χ1v) is 5.10. The lowest BCUT2D eigenvalue weighted by Gasteiger charge is -2.12. The van der Waals surface area contributed by atoms with E-state index in [1.165, 1.54) is 0 Å². The molecule has 1 unspecified atom stereocenters. The fourth-order valence-corrected chi connectivity index (χ4v) is 1.40. The first-order valence-electron chi connectivity index (χ1n) is 5.10. The monoisotopic (exact) mass is 197 g/mol. The van der Waals surface area contributed by atoms with Gasteiger partial charge in [0.15, 0.2) is 0 Å². The Bertz CT molecular complexity index is 326. The Morgan fingerprint density at radius 2 is 2.21 bits per heavy atom. The predicted octanol–water partition coefficient (Wildman–Crippen LogP) is 0.575. The molecule has 1 rings (SSSR count). The van der Waals surface area contributed by atoms with E-state index in [0.29, 0.717) is 6.04 Å². The van der Waals surface area contributed by atoms with E-state index in [1.54, 1.807) is 22.4 Å². The number of nitrogens with zero attached hydrogens (tertiary/aromatic N) is 2. The highest BCUT2D eigenvalue weighted by Gasteiger charge is 2.04. The van der Waals surface area contributed by atoms with Crippen LogP contribution in [0.25, 0.3) is 0 Å². The van der Waals surface area contributed by atoms with E-state index >= 15 is 0 Å². The zero-order chi connectivity index (χ0) is 10.6. The van der Waals surface area contributed by atoms with Crippen LogP contribution in [-0.4, -0.2) is 21.7 Å².